The Morgan fingerprint density at radius 2 is 2.06 bits per heavy atom. The highest BCUT2D eigenvalue weighted by Crippen LogP contribution is 2.35. The number of nitrogens with one attached hydrogen (secondary N) is 1. The van der Waals surface area contributed by atoms with E-state index in [0.717, 1.165) is 25.9 Å². The molecule has 0 aliphatic carbocycles. The molecule has 0 amide bonds. The van der Waals surface area contributed by atoms with E-state index >= 15 is 0 Å². The molecule has 1 fully saturated rings. The lowest BCUT2D eigenvalue weighted by atomic mass is 9.89. The number of hydrogen-bond acceptors (Lipinski definition) is 2. The normalized spacial score (nSPS) is 24.2. The second kappa shape index (κ2) is 6.25. The Hall–Kier alpha value is -1.00. The summed E-state index contributed by atoms with van der Waals surface area (Å²) in [4.78, 5) is 0. The molecule has 0 radical (unpaired) electrons. The molecule has 1 aromatic carbocycles. The van der Waals surface area contributed by atoms with Crippen LogP contribution in [-0.4, -0.2) is 19.7 Å². The molecule has 1 aromatic rings. The first-order chi connectivity index (χ1) is 8.74. The van der Waals surface area contributed by atoms with Crippen molar-refractivity contribution in [2.45, 2.75) is 25.9 Å². The molecule has 1 aliphatic heterocycles. The number of rotatable bonds is 4. The van der Waals surface area contributed by atoms with E-state index in [0.29, 0.717) is 6.61 Å². The Morgan fingerprint density at radius 3 is 2.72 bits per heavy atom. The summed E-state index contributed by atoms with van der Waals surface area (Å²) >= 11 is 0. The van der Waals surface area contributed by atoms with E-state index in [2.05, 4.69) is 5.32 Å². The van der Waals surface area contributed by atoms with E-state index in [1.165, 1.54) is 18.2 Å². The van der Waals surface area contributed by atoms with Crippen LogP contribution < -0.4 is 5.32 Å². The molecule has 4 heteroatoms. The van der Waals surface area contributed by atoms with E-state index in [9.17, 15) is 8.78 Å². The molecule has 0 saturated carbocycles. The van der Waals surface area contributed by atoms with Gasteiger partial charge in [0.2, 0.25) is 0 Å². The van der Waals surface area contributed by atoms with E-state index in [1.54, 1.807) is 0 Å². The van der Waals surface area contributed by atoms with Crippen LogP contribution in [0.3, 0.4) is 0 Å². The summed E-state index contributed by atoms with van der Waals surface area (Å²) in [5.41, 5.74) is 0.0834. The molecule has 0 aromatic heterocycles. The van der Waals surface area contributed by atoms with Crippen molar-refractivity contribution in [3.63, 3.8) is 0 Å². The molecular weight excluding hydrogens is 236 g/mol. The minimum atomic E-state index is -0.511. The van der Waals surface area contributed by atoms with E-state index < -0.39 is 17.7 Å². The maximum absolute atomic E-state index is 13.8. The van der Waals surface area contributed by atoms with Crippen molar-refractivity contribution in [1.82, 2.24) is 5.32 Å². The molecule has 2 atom stereocenters. The quantitative estimate of drug-likeness (QED) is 0.893. The summed E-state index contributed by atoms with van der Waals surface area (Å²) in [7, 11) is 0. The monoisotopic (exact) mass is 255 g/mol. The topological polar surface area (TPSA) is 21.3 Å². The lowest BCUT2D eigenvalue weighted by Crippen LogP contribution is -2.32. The first-order valence-corrected chi connectivity index (χ1v) is 6.50. The molecule has 1 heterocycles. The Kier molecular flexibility index (Phi) is 4.66. The number of hydrogen-bond donors (Lipinski definition) is 1. The first kappa shape index (κ1) is 13.4. The van der Waals surface area contributed by atoms with E-state index in [-0.39, 0.29) is 11.5 Å². The molecular formula is C14H19F2NO. The van der Waals surface area contributed by atoms with Crippen LogP contribution in [0.5, 0.6) is 0 Å². The smallest absolute Gasteiger partial charge is 0.131 e. The fourth-order valence-corrected chi connectivity index (χ4v) is 2.48. The predicted octanol–water partition coefficient (Wildman–Crippen LogP) is 3.04. The van der Waals surface area contributed by atoms with Crippen LogP contribution in [0.4, 0.5) is 8.78 Å². The summed E-state index contributed by atoms with van der Waals surface area (Å²) in [6.45, 7) is 4.17. The van der Waals surface area contributed by atoms with E-state index in [1.807, 2.05) is 6.92 Å². The SMILES string of the molecule is CCNCC1CCCOC1c1c(F)cccc1F. The van der Waals surface area contributed by atoms with Crippen molar-refractivity contribution >= 4 is 0 Å². The minimum absolute atomic E-state index is 0.0834. The van der Waals surface area contributed by atoms with Gasteiger partial charge in [-0.15, -0.1) is 0 Å². The molecule has 1 aliphatic rings. The third-order valence-corrected chi connectivity index (χ3v) is 3.39. The molecule has 0 bridgehead atoms. The van der Waals surface area contributed by atoms with E-state index in [4.69, 9.17) is 4.74 Å². The second-order valence-electron chi connectivity index (χ2n) is 4.64. The van der Waals surface area contributed by atoms with Gasteiger partial charge in [-0.3, -0.25) is 0 Å². The third kappa shape index (κ3) is 2.87. The average molecular weight is 255 g/mol. The van der Waals surface area contributed by atoms with Crippen molar-refractivity contribution in [2.75, 3.05) is 19.7 Å². The van der Waals surface area contributed by atoms with Gasteiger partial charge in [0.05, 0.1) is 11.7 Å². The summed E-state index contributed by atoms with van der Waals surface area (Å²) in [6.07, 6.45) is 1.41. The highest BCUT2D eigenvalue weighted by Gasteiger charge is 2.31. The van der Waals surface area contributed by atoms with Crippen LogP contribution in [0.15, 0.2) is 18.2 Å². The fraction of sp³-hybridized carbons (Fsp3) is 0.571. The molecule has 100 valence electrons. The van der Waals surface area contributed by atoms with Crippen molar-refractivity contribution in [3.8, 4) is 0 Å². The average Bonchev–Trinajstić information content (AvgIpc) is 2.37. The lowest BCUT2D eigenvalue weighted by molar-refractivity contribution is -0.0315. The lowest BCUT2D eigenvalue weighted by Gasteiger charge is -2.32. The summed E-state index contributed by atoms with van der Waals surface area (Å²) in [5, 5.41) is 3.23. The number of benzene rings is 1. The Balaban J connectivity index is 2.22. The van der Waals surface area contributed by atoms with Gasteiger partial charge in [-0.05, 0) is 31.5 Å². The van der Waals surface area contributed by atoms with Crippen LogP contribution in [0, 0.1) is 17.6 Å². The molecule has 18 heavy (non-hydrogen) atoms. The summed E-state index contributed by atoms with van der Waals surface area (Å²) in [6, 6.07) is 3.97. The van der Waals surface area contributed by atoms with Crippen LogP contribution in [-0.2, 0) is 4.74 Å². The standard InChI is InChI=1S/C14H19F2NO/c1-2-17-9-10-5-4-8-18-14(10)13-11(15)6-3-7-12(13)16/h3,6-7,10,14,17H,2,4-5,8-9H2,1H3. The molecule has 2 unspecified atom stereocenters. The Bertz CT molecular complexity index is 377. The van der Waals surface area contributed by atoms with Gasteiger partial charge in [0.15, 0.2) is 0 Å². The van der Waals surface area contributed by atoms with Crippen molar-refractivity contribution in [2.24, 2.45) is 5.92 Å². The maximum atomic E-state index is 13.8. The van der Waals surface area contributed by atoms with Crippen molar-refractivity contribution in [1.29, 1.82) is 0 Å². The molecule has 1 saturated heterocycles. The predicted molar refractivity (Wildman–Crippen MR) is 66.3 cm³/mol. The largest absolute Gasteiger partial charge is 0.373 e. The van der Waals surface area contributed by atoms with Gasteiger partial charge in [-0.1, -0.05) is 13.0 Å². The van der Waals surface area contributed by atoms with Crippen LogP contribution >= 0.6 is 0 Å². The zero-order valence-electron chi connectivity index (χ0n) is 10.6. The molecule has 2 nitrogen and oxygen atoms in total. The highest BCUT2D eigenvalue weighted by molar-refractivity contribution is 5.23. The zero-order valence-corrected chi connectivity index (χ0v) is 10.6. The summed E-state index contributed by atoms with van der Waals surface area (Å²) in [5.74, 6) is -0.892. The Labute approximate surface area is 106 Å². The maximum Gasteiger partial charge on any atom is 0.131 e. The highest BCUT2D eigenvalue weighted by atomic mass is 19.1. The first-order valence-electron chi connectivity index (χ1n) is 6.50. The number of ether oxygens (including phenoxy) is 1. The number of halogens is 2. The van der Waals surface area contributed by atoms with Crippen LogP contribution in [0.25, 0.3) is 0 Å². The van der Waals surface area contributed by atoms with Crippen LogP contribution in [0.1, 0.15) is 31.4 Å². The minimum Gasteiger partial charge on any atom is -0.373 e. The van der Waals surface area contributed by atoms with Crippen molar-refractivity contribution < 1.29 is 13.5 Å². The Morgan fingerprint density at radius 1 is 1.33 bits per heavy atom. The molecule has 0 spiro atoms. The van der Waals surface area contributed by atoms with Gasteiger partial charge >= 0.3 is 0 Å². The van der Waals surface area contributed by atoms with Gasteiger partial charge in [-0.2, -0.15) is 0 Å². The fourth-order valence-electron chi connectivity index (χ4n) is 2.48. The van der Waals surface area contributed by atoms with Gasteiger partial charge < -0.3 is 10.1 Å². The van der Waals surface area contributed by atoms with Gasteiger partial charge in [-0.25, -0.2) is 8.78 Å². The van der Waals surface area contributed by atoms with Gasteiger partial charge in [0.25, 0.3) is 0 Å². The van der Waals surface area contributed by atoms with Gasteiger partial charge in [0.1, 0.15) is 11.6 Å². The van der Waals surface area contributed by atoms with Crippen LogP contribution in [0.2, 0.25) is 0 Å². The summed E-state index contributed by atoms with van der Waals surface area (Å²) < 4.78 is 33.2. The van der Waals surface area contributed by atoms with Gasteiger partial charge in [0, 0.05) is 19.1 Å². The second-order valence-corrected chi connectivity index (χ2v) is 4.64. The molecule has 2 rings (SSSR count). The zero-order chi connectivity index (χ0) is 13.0. The molecule has 1 N–H and O–H groups in total. The third-order valence-electron chi connectivity index (χ3n) is 3.39. The van der Waals surface area contributed by atoms with Crippen molar-refractivity contribution in [3.05, 3.63) is 35.4 Å².